The molecule has 2 fully saturated rings. The molecule has 5 heteroatoms. The molecule has 1 aliphatic carbocycles. The summed E-state index contributed by atoms with van der Waals surface area (Å²) in [5, 5.41) is 0. The molecule has 2 bridgehead atoms. The molecule has 1 heterocycles. The second-order valence-electron chi connectivity index (χ2n) is 7.35. The van der Waals surface area contributed by atoms with E-state index in [9.17, 15) is 18.0 Å². The Morgan fingerprint density at radius 2 is 1.71 bits per heavy atom. The van der Waals surface area contributed by atoms with Crippen molar-refractivity contribution < 1.29 is 18.0 Å². The Morgan fingerprint density at radius 1 is 1.12 bits per heavy atom. The van der Waals surface area contributed by atoms with Gasteiger partial charge in [0.25, 0.3) is 0 Å². The average Bonchev–Trinajstić information content (AvgIpc) is 2.62. The number of halogens is 3. The van der Waals surface area contributed by atoms with Crippen LogP contribution in [0.4, 0.5) is 18.9 Å². The van der Waals surface area contributed by atoms with Crippen LogP contribution in [0.1, 0.15) is 55.5 Å². The van der Waals surface area contributed by atoms with E-state index in [4.69, 9.17) is 0 Å². The predicted molar refractivity (Wildman–Crippen MR) is 88.3 cm³/mol. The molecule has 2 unspecified atom stereocenters. The Bertz CT molecular complexity index is 610. The van der Waals surface area contributed by atoms with Crippen molar-refractivity contribution in [3.05, 3.63) is 29.3 Å². The van der Waals surface area contributed by atoms with Crippen LogP contribution in [0.2, 0.25) is 0 Å². The number of rotatable bonds is 2. The summed E-state index contributed by atoms with van der Waals surface area (Å²) >= 11 is 0. The Kier molecular flexibility index (Phi) is 4.63. The Hall–Kier alpha value is -1.52. The van der Waals surface area contributed by atoms with E-state index in [0.29, 0.717) is 29.0 Å². The fourth-order valence-corrected chi connectivity index (χ4v) is 4.34. The average molecular weight is 339 g/mol. The second kappa shape index (κ2) is 6.41. The molecule has 1 aromatic rings. The third-order valence-corrected chi connectivity index (χ3v) is 5.84. The van der Waals surface area contributed by atoms with Crippen molar-refractivity contribution in [1.29, 1.82) is 0 Å². The maximum absolute atomic E-state index is 13.1. The molecule has 2 nitrogen and oxygen atoms in total. The first-order valence-electron chi connectivity index (χ1n) is 8.74. The third kappa shape index (κ3) is 3.31. The molecule has 0 spiro atoms. The maximum atomic E-state index is 13.1. The third-order valence-electron chi connectivity index (χ3n) is 5.84. The van der Waals surface area contributed by atoms with Gasteiger partial charge in [0.15, 0.2) is 5.78 Å². The summed E-state index contributed by atoms with van der Waals surface area (Å²) in [6, 6.07) is 3.51. The van der Waals surface area contributed by atoms with Crippen molar-refractivity contribution in [1.82, 2.24) is 0 Å². The molecular formula is C19H24F3NO. The molecule has 0 amide bonds. The standard InChI is InChI=1S/C19H24F3NO/c1-12-14-5-3-4-6-15(12)11-23(10-14)18-9-16(19(20,21)22)7-8-17(18)13(2)24/h7-9,12,14-15H,3-6,10-11H2,1-2H3. The first kappa shape index (κ1) is 17.3. The summed E-state index contributed by atoms with van der Waals surface area (Å²) < 4.78 is 39.4. The number of hydrogen-bond donors (Lipinski definition) is 0. The van der Waals surface area contributed by atoms with E-state index in [1.165, 1.54) is 31.9 Å². The topological polar surface area (TPSA) is 20.3 Å². The summed E-state index contributed by atoms with van der Waals surface area (Å²) in [7, 11) is 0. The highest BCUT2D eigenvalue weighted by Gasteiger charge is 2.37. The van der Waals surface area contributed by atoms with Crippen LogP contribution in [-0.2, 0) is 6.18 Å². The molecule has 0 aromatic heterocycles. The fraction of sp³-hybridized carbons (Fsp3) is 0.632. The van der Waals surface area contributed by atoms with E-state index in [0.717, 1.165) is 32.0 Å². The lowest BCUT2D eigenvalue weighted by atomic mass is 9.77. The highest BCUT2D eigenvalue weighted by molar-refractivity contribution is 6.00. The summed E-state index contributed by atoms with van der Waals surface area (Å²) in [6.45, 7) is 5.19. The zero-order chi connectivity index (χ0) is 17.5. The minimum atomic E-state index is -4.39. The van der Waals surface area contributed by atoms with Gasteiger partial charge in [-0.1, -0.05) is 19.8 Å². The Labute approximate surface area is 141 Å². The van der Waals surface area contributed by atoms with Gasteiger partial charge < -0.3 is 4.90 Å². The van der Waals surface area contributed by atoms with Crippen molar-refractivity contribution in [2.75, 3.05) is 18.0 Å². The number of nitrogens with zero attached hydrogens (tertiary/aromatic N) is 1. The van der Waals surface area contributed by atoms with Gasteiger partial charge in [0.1, 0.15) is 0 Å². The first-order valence-corrected chi connectivity index (χ1v) is 8.74. The van der Waals surface area contributed by atoms with Gasteiger partial charge in [-0.3, -0.25) is 4.79 Å². The summed E-state index contributed by atoms with van der Waals surface area (Å²) in [5.41, 5.74) is 0.180. The number of carbonyl (C=O) groups excluding carboxylic acids is 1. The molecule has 3 rings (SSSR count). The normalized spacial score (nSPS) is 27.7. The minimum Gasteiger partial charge on any atom is -0.370 e. The van der Waals surface area contributed by atoms with E-state index in [1.807, 2.05) is 4.90 Å². The lowest BCUT2D eigenvalue weighted by Gasteiger charge is -2.43. The van der Waals surface area contributed by atoms with Gasteiger partial charge in [-0.15, -0.1) is 0 Å². The number of benzene rings is 1. The first-order chi connectivity index (χ1) is 11.3. The van der Waals surface area contributed by atoms with Crippen molar-refractivity contribution >= 4 is 11.5 Å². The molecule has 1 saturated carbocycles. The second-order valence-corrected chi connectivity index (χ2v) is 7.35. The predicted octanol–water partition coefficient (Wildman–Crippen LogP) is 5.17. The molecule has 2 atom stereocenters. The van der Waals surface area contributed by atoms with Gasteiger partial charge in [0.2, 0.25) is 0 Å². The Morgan fingerprint density at radius 3 is 2.21 bits per heavy atom. The minimum absolute atomic E-state index is 0.180. The number of hydrogen-bond acceptors (Lipinski definition) is 2. The van der Waals surface area contributed by atoms with Crippen LogP contribution in [0.3, 0.4) is 0 Å². The quantitative estimate of drug-likeness (QED) is 0.693. The number of piperidine rings is 1. The molecular weight excluding hydrogens is 315 g/mol. The molecule has 1 aliphatic heterocycles. The van der Waals surface area contributed by atoms with Crippen LogP contribution in [0.5, 0.6) is 0 Å². The van der Waals surface area contributed by atoms with Gasteiger partial charge in [-0.25, -0.2) is 0 Å². The number of carbonyl (C=O) groups is 1. The highest BCUT2D eigenvalue weighted by atomic mass is 19.4. The van der Waals surface area contributed by atoms with E-state index in [-0.39, 0.29) is 5.78 Å². The lowest BCUT2D eigenvalue weighted by Crippen LogP contribution is -2.45. The van der Waals surface area contributed by atoms with E-state index >= 15 is 0 Å². The van der Waals surface area contributed by atoms with Crippen LogP contribution in [0.15, 0.2) is 18.2 Å². The van der Waals surface area contributed by atoms with Crippen LogP contribution >= 0.6 is 0 Å². The summed E-state index contributed by atoms with van der Waals surface area (Å²) in [6.07, 6.45) is 0.258. The smallest absolute Gasteiger partial charge is 0.370 e. The number of alkyl halides is 3. The van der Waals surface area contributed by atoms with Crippen molar-refractivity contribution in [2.45, 2.75) is 45.7 Å². The van der Waals surface area contributed by atoms with Crippen LogP contribution in [0, 0.1) is 17.8 Å². The summed E-state index contributed by atoms with van der Waals surface area (Å²) in [5.74, 6) is 1.43. The highest BCUT2D eigenvalue weighted by Crippen LogP contribution is 2.41. The van der Waals surface area contributed by atoms with Gasteiger partial charge in [-0.05, 0) is 55.7 Å². The summed E-state index contributed by atoms with van der Waals surface area (Å²) in [4.78, 5) is 14.0. The monoisotopic (exact) mass is 339 g/mol. The van der Waals surface area contributed by atoms with Crippen molar-refractivity contribution in [3.8, 4) is 0 Å². The van der Waals surface area contributed by atoms with Crippen molar-refractivity contribution in [2.24, 2.45) is 17.8 Å². The molecule has 24 heavy (non-hydrogen) atoms. The number of anilines is 1. The number of fused-ring (bicyclic) bond motifs is 2. The molecule has 0 radical (unpaired) electrons. The van der Waals surface area contributed by atoms with Gasteiger partial charge in [0.05, 0.1) is 5.56 Å². The van der Waals surface area contributed by atoms with Gasteiger partial charge >= 0.3 is 6.18 Å². The van der Waals surface area contributed by atoms with Crippen molar-refractivity contribution in [3.63, 3.8) is 0 Å². The molecule has 1 aromatic carbocycles. The van der Waals surface area contributed by atoms with E-state index < -0.39 is 11.7 Å². The molecule has 2 aliphatic rings. The van der Waals surface area contributed by atoms with Crippen LogP contribution in [-0.4, -0.2) is 18.9 Å². The van der Waals surface area contributed by atoms with E-state index in [2.05, 4.69) is 6.92 Å². The van der Waals surface area contributed by atoms with Gasteiger partial charge in [0, 0.05) is 24.3 Å². The van der Waals surface area contributed by atoms with Gasteiger partial charge in [-0.2, -0.15) is 13.2 Å². The zero-order valence-corrected chi connectivity index (χ0v) is 14.2. The Balaban J connectivity index is 1.99. The SMILES string of the molecule is CC(=O)c1ccc(C(F)(F)F)cc1N1CC2CCCCC(C1)C2C. The zero-order valence-electron chi connectivity index (χ0n) is 14.2. The molecule has 1 saturated heterocycles. The van der Waals surface area contributed by atoms with E-state index in [1.54, 1.807) is 0 Å². The maximum Gasteiger partial charge on any atom is 0.416 e. The molecule has 132 valence electrons. The molecule has 0 N–H and O–H groups in total. The fourth-order valence-electron chi connectivity index (χ4n) is 4.34. The largest absolute Gasteiger partial charge is 0.416 e. The van der Waals surface area contributed by atoms with Crippen LogP contribution in [0.25, 0.3) is 0 Å². The number of Topliss-reactive ketones (excluding diaryl/α,β-unsaturated/α-hetero) is 1. The lowest BCUT2D eigenvalue weighted by molar-refractivity contribution is -0.137. The number of ketones is 1. The van der Waals surface area contributed by atoms with Crippen LogP contribution < -0.4 is 4.90 Å².